The fourth-order valence-electron chi connectivity index (χ4n) is 5.17. The van der Waals surface area contributed by atoms with Gasteiger partial charge in [-0.05, 0) is 118 Å². The first-order chi connectivity index (χ1) is 19.3. The van der Waals surface area contributed by atoms with Gasteiger partial charge in [0.2, 0.25) is 0 Å². The monoisotopic (exact) mass is 550 g/mol. The summed E-state index contributed by atoms with van der Waals surface area (Å²) >= 11 is 0. The Morgan fingerprint density at radius 1 is 0.775 bits per heavy atom. The summed E-state index contributed by atoms with van der Waals surface area (Å²) in [6, 6.07) is 12.6. The van der Waals surface area contributed by atoms with E-state index in [1.54, 1.807) is 18.3 Å². The molecule has 0 saturated carbocycles. The van der Waals surface area contributed by atoms with Crippen LogP contribution in [0, 0.1) is 18.6 Å². The van der Waals surface area contributed by atoms with E-state index in [0.29, 0.717) is 23.6 Å². The molecule has 0 radical (unpaired) electrons. The molecule has 4 N–H and O–H groups in total. The van der Waals surface area contributed by atoms with Crippen molar-refractivity contribution in [2.75, 3.05) is 42.5 Å². The molecule has 2 aromatic carbocycles. The predicted molar refractivity (Wildman–Crippen MR) is 157 cm³/mol. The summed E-state index contributed by atoms with van der Waals surface area (Å²) in [7, 11) is 0. The van der Waals surface area contributed by atoms with E-state index in [1.165, 1.54) is 56.7 Å². The van der Waals surface area contributed by atoms with Gasteiger partial charge in [0.1, 0.15) is 11.6 Å². The number of hydrogen-bond acceptors (Lipinski definition) is 5. The van der Waals surface area contributed by atoms with Crippen molar-refractivity contribution in [2.45, 2.75) is 58.5 Å². The number of pyridine rings is 1. The fourth-order valence-corrected chi connectivity index (χ4v) is 5.17. The lowest BCUT2D eigenvalue weighted by atomic mass is 10.1. The van der Waals surface area contributed by atoms with Crippen LogP contribution in [0.2, 0.25) is 0 Å². The largest absolute Gasteiger partial charge is 0.399 e. The average Bonchev–Trinajstić information content (AvgIpc) is 2.91. The minimum absolute atomic E-state index is 0.234. The molecule has 2 saturated heterocycles. The zero-order chi connectivity index (χ0) is 28.3. The highest BCUT2D eigenvalue weighted by molar-refractivity contribution is 5.99. The third-order valence-electron chi connectivity index (χ3n) is 7.07. The van der Waals surface area contributed by atoms with E-state index in [-0.39, 0.29) is 11.6 Å². The summed E-state index contributed by atoms with van der Waals surface area (Å²) in [4.78, 5) is 20.9. The lowest BCUT2D eigenvalue weighted by molar-refractivity contribution is 0.220. The Balaban J connectivity index is 0.000000210. The van der Waals surface area contributed by atoms with Gasteiger partial charge in [-0.3, -0.25) is 14.8 Å². The van der Waals surface area contributed by atoms with Crippen LogP contribution in [0.25, 0.3) is 0 Å². The van der Waals surface area contributed by atoms with Crippen LogP contribution in [0.3, 0.4) is 0 Å². The molecule has 1 aromatic heterocycles. The molecular formula is C31H40F2N6O. The van der Waals surface area contributed by atoms with Crippen molar-refractivity contribution in [1.82, 2.24) is 14.8 Å². The molecular weight excluding hydrogens is 510 g/mol. The van der Waals surface area contributed by atoms with Crippen LogP contribution in [0.5, 0.6) is 0 Å². The van der Waals surface area contributed by atoms with Crippen molar-refractivity contribution in [2.24, 2.45) is 0 Å². The number of aryl methyl sites for hydroxylation is 1. The van der Waals surface area contributed by atoms with Crippen LogP contribution in [0.15, 0.2) is 54.7 Å². The molecule has 0 unspecified atom stereocenters. The predicted octanol–water partition coefficient (Wildman–Crippen LogP) is 6.55. The van der Waals surface area contributed by atoms with Gasteiger partial charge in [0.25, 0.3) is 0 Å². The van der Waals surface area contributed by atoms with Crippen molar-refractivity contribution in [3.63, 3.8) is 0 Å². The Morgan fingerprint density at radius 2 is 1.32 bits per heavy atom. The van der Waals surface area contributed by atoms with Crippen molar-refractivity contribution in [3.05, 3.63) is 83.2 Å². The molecule has 2 aliphatic rings. The lowest BCUT2D eigenvalue weighted by Crippen LogP contribution is -2.29. The number of anilines is 3. The summed E-state index contributed by atoms with van der Waals surface area (Å²) in [5.74, 6) is -0.580. The molecule has 3 aromatic rings. The molecule has 2 aliphatic heterocycles. The molecule has 5 rings (SSSR count). The van der Waals surface area contributed by atoms with Gasteiger partial charge < -0.3 is 16.4 Å². The molecule has 214 valence electrons. The Hall–Kier alpha value is -3.56. The number of piperidine rings is 2. The minimum atomic E-state index is -0.417. The fraction of sp³-hybridized carbons (Fsp3) is 0.419. The summed E-state index contributed by atoms with van der Waals surface area (Å²) in [6.07, 6.45) is 9.06. The second-order valence-corrected chi connectivity index (χ2v) is 10.7. The van der Waals surface area contributed by atoms with Gasteiger partial charge in [0.15, 0.2) is 0 Å². The molecule has 9 heteroatoms. The van der Waals surface area contributed by atoms with Gasteiger partial charge in [-0.25, -0.2) is 13.6 Å². The Morgan fingerprint density at radius 3 is 1.88 bits per heavy atom. The summed E-state index contributed by atoms with van der Waals surface area (Å²) in [5.41, 5.74) is 9.89. The number of carbonyl (C=O) groups excluding carboxylic acids is 1. The van der Waals surface area contributed by atoms with Crippen molar-refractivity contribution < 1.29 is 13.6 Å². The minimum Gasteiger partial charge on any atom is -0.399 e. The molecule has 0 atom stereocenters. The van der Waals surface area contributed by atoms with Crippen molar-refractivity contribution in [3.8, 4) is 0 Å². The van der Waals surface area contributed by atoms with Crippen molar-refractivity contribution >= 4 is 23.1 Å². The van der Waals surface area contributed by atoms with E-state index < -0.39 is 6.03 Å². The quantitative estimate of drug-likeness (QED) is 0.303. The number of carbonyl (C=O) groups is 1. The standard InChI is InChI=1S/C19H23FN4O.C12H17FN2/c1-14-5-6-17(12-21-14)22-19(25)23-18-10-15(9-16(20)11-18)13-24-7-3-2-4-8-24;13-11-6-10(7-12(14)8-11)9-15-4-2-1-3-5-15/h5-6,9-12H,2-4,7-8,13H2,1H3,(H2,22,23,25);6-8H,1-5,9,14H2. The van der Waals surface area contributed by atoms with Gasteiger partial charge >= 0.3 is 6.03 Å². The number of rotatable bonds is 6. The number of amides is 2. The molecule has 0 spiro atoms. The first-order valence-electron chi connectivity index (χ1n) is 14.1. The van der Waals surface area contributed by atoms with Gasteiger partial charge in [-0.15, -0.1) is 0 Å². The van der Waals surface area contributed by atoms with Crippen LogP contribution >= 0.6 is 0 Å². The first-order valence-corrected chi connectivity index (χ1v) is 14.1. The van der Waals surface area contributed by atoms with E-state index >= 15 is 0 Å². The maximum Gasteiger partial charge on any atom is 0.323 e. The Kier molecular flexibility index (Phi) is 10.8. The highest BCUT2D eigenvalue weighted by Gasteiger charge is 2.13. The second kappa shape index (κ2) is 14.7. The van der Waals surface area contributed by atoms with Gasteiger partial charge in [0.05, 0.1) is 11.9 Å². The number of nitrogens with zero attached hydrogens (tertiary/aromatic N) is 3. The smallest absolute Gasteiger partial charge is 0.323 e. The summed E-state index contributed by atoms with van der Waals surface area (Å²) in [6.45, 7) is 7.73. The van der Waals surface area contributed by atoms with Crippen LogP contribution in [0.4, 0.5) is 30.6 Å². The number of hydrogen-bond donors (Lipinski definition) is 3. The third-order valence-corrected chi connectivity index (χ3v) is 7.07. The zero-order valence-electron chi connectivity index (χ0n) is 23.3. The summed E-state index contributed by atoms with van der Waals surface area (Å²) in [5, 5.41) is 5.38. The van der Waals surface area contributed by atoms with Gasteiger partial charge in [-0.2, -0.15) is 0 Å². The normalized spacial score (nSPS) is 16.1. The number of nitrogens with one attached hydrogen (secondary N) is 2. The molecule has 2 fully saturated rings. The molecule has 3 heterocycles. The average molecular weight is 551 g/mol. The second-order valence-electron chi connectivity index (χ2n) is 10.7. The highest BCUT2D eigenvalue weighted by Crippen LogP contribution is 2.19. The first kappa shape index (κ1) is 29.4. The number of likely N-dealkylation sites (tertiary alicyclic amines) is 2. The maximum absolute atomic E-state index is 13.9. The van der Waals surface area contributed by atoms with Crippen LogP contribution in [-0.4, -0.2) is 47.0 Å². The number of nitrogen functional groups attached to an aromatic ring is 1. The van der Waals surface area contributed by atoms with Crippen LogP contribution < -0.4 is 16.4 Å². The van der Waals surface area contributed by atoms with Gasteiger partial charge in [-0.1, -0.05) is 12.8 Å². The van der Waals surface area contributed by atoms with E-state index in [0.717, 1.165) is 49.5 Å². The number of halogens is 2. The van der Waals surface area contributed by atoms with Crippen molar-refractivity contribution in [1.29, 1.82) is 0 Å². The third kappa shape index (κ3) is 9.88. The summed E-state index contributed by atoms with van der Waals surface area (Å²) < 4.78 is 27.0. The van der Waals surface area contributed by atoms with Crippen LogP contribution in [-0.2, 0) is 13.1 Å². The zero-order valence-corrected chi connectivity index (χ0v) is 23.3. The Bertz CT molecular complexity index is 1220. The number of aromatic nitrogens is 1. The Labute approximate surface area is 235 Å². The van der Waals surface area contributed by atoms with E-state index in [4.69, 9.17) is 5.73 Å². The molecule has 0 bridgehead atoms. The maximum atomic E-state index is 13.9. The lowest BCUT2D eigenvalue weighted by Gasteiger charge is -2.26. The number of nitrogens with two attached hydrogens (primary N) is 1. The van der Waals surface area contributed by atoms with E-state index in [1.807, 2.05) is 25.1 Å². The molecule has 7 nitrogen and oxygen atoms in total. The van der Waals surface area contributed by atoms with Crippen LogP contribution in [0.1, 0.15) is 55.3 Å². The SMILES string of the molecule is Cc1ccc(NC(=O)Nc2cc(F)cc(CN3CCCCC3)c2)cn1.Nc1cc(F)cc(CN2CCCCC2)c1. The molecule has 40 heavy (non-hydrogen) atoms. The molecule has 0 aliphatic carbocycles. The van der Waals surface area contributed by atoms with Gasteiger partial charge in [0, 0.05) is 30.2 Å². The highest BCUT2D eigenvalue weighted by atomic mass is 19.1. The van der Waals surface area contributed by atoms with E-state index in [9.17, 15) is 13.6 Å². The number of benzene rings is 2. The number of urea groups is 1. The topological polar surface area (TPSA) is 86.5 Å². The van der Waals surface area contributed by atoms with E-state index in [2.05, 4.69) is 25.4 Å². The molecule has 2 amide bonds.